The molecular formula is C36H35Cl2N7O4. The molecule has 1 amide bonds. The van der Waals surface area contributed by atoms with Crippen LogP contribution in [-0.2, 0) is 25.3 Å². The zero-order chi connectivity index (χ0) is 34.6. The SMILES string of the molecule is COc1nc(-c2cccc(-c3cccc(Nc4nc(C)cc5c4c(=O)n(C)c(=O)n5C)c3Cl)c2Cl)cc2c1C(NC[C@@H]1CCC(=O)N1)CC2. The van der Waals surface area contributed by atoms with Crippen molar-refractivity contribution in [1.82, 2.24) is 29.7 Å². The van der Waals surface area contributed by atoms with Gasteiger partial charge in [0.15, 0.2) is 0 Å². The number of aromatic nitrogens is 4. The first-order chi connectivity index (χ1) is 23.5. The van der Waals surface area contributed by atoms with Gasteiger partial charge in [-0.05, 0) is 49.9 Å². The summed E-state index contributed by atoms with van der Waals surface area (Å²) in [6.07, 6.45) is 3.15. The fraction of sp³-hybridized carbons (Fsp3) is 0.306. The topological polar surface area (TPSA) is 132 Å². The van der Waals surface area contributed by atoms with Gasteiger partial charge < -0.3 is 20.7 Å². The molecule has 2 aromatic carbocycles. The highest BCUT2D eigenvalue weighted by atomic mass is 35.5. The molecule has 1 aliphatic heterocycles. The molecule has 0 bridgehead atoms. The molecule has 1 aliphatic carbocycles. The van der Waals surface area contributed by atoms with Crippen LogP contribution in [0.2, 0.25) is 10.0 Å². The molecule has 49 heavy (non-hydrogen) atoms. The van der Waals surface area contributed by atoms with E-state index in [4.69, 9.17) is 32.9 Å². The highest BCUT2D eigenvalue weighted by Gasteiger charge is 2.30. The average Bonchev–Trinajstić information content (AvgIpc) is 3.71. The van der Waals surface area contributed by atoms with Crippen LogP contribution in [0.25, 0.3) is 33.3 Å². The number of ether oxygens (including phenoxy) is 1. The van der Waals surface area contributed by atoms with Crippen molar-refractivity contribution in [2.24, 2.45) is 14.1 Å². The summed E-state index contributed by atoms with van der Waals surface area (Å²) in [5.41, 5.74) is 5.70. The molecule has 1 unspecified atom stereocenters. The smallest absolute Gasteiger partial charge is 0.330 e. The van der Waals surface area contributed by atoms with Gasteiger partial charge in [0.2, 0.25) is 11.8 Å². The lowest BCUT2D eigenvalue weighted by Gasteiger charge is -2.20. The second kappa shape index (κ2) is 13.0. The maximum atomic E-state index is 13.2. The zero-order valence-electron chi connectivity index (χ0n) is 27.5. The predicted octanol–water partition coefficient (Wildman–Crippen LogP) is 5.58. The maximum Gasteiger partial charge on any atom is 0.330 e. The molecule has 7 rings (SSSR count). The molecule has 2 atom stereocenters. The summed E-state index contributed by atoms with van der Waals surface area (Å²) in [6, 6.07) is 15.2. The Bertz CT molecular complexity index is 2280. The van der Waals surface area contributed by atoms with Crippen LogP contribution in [-0.4, -0.2) is 44.7 Å². The summed E-state index contributed by atoms with van der Waals surface area (Å²) in [6.45, 7) is 2.49. The van der Waals surface area contributed by atoms with Crippen LogP contribution >= 0.6 is 23.2 Å². The summed E-state index contributed by atoms with van der Waals surface area (Å²) in [5.74, 6) is 0.939. The summed E-state index contributed by atoms with van der Waals surface area (Å²) in [5, 5.41) is 11.0. The maximum absolute atomic E-state index is 13.2. The van der Waals surface area contributed by atoms with E-state index in [1.807, 2.05) is 30.3 Å². The third-order valence-corrected chi connectivity index (χ3v) is 10.3. The van der Waals surface area contributed by atoms with Gasteiger partial charge >= 0.3 is 5.69 Å². The van der Waals surface area contributed by atoms with E-state index in [9.17, 15) is 14.4 Å². The van der Waals surface area contributed by atoms with Gasteiger partial charge in [-0.1, -0.05) is 53.5 Å². The number of rotatable bonds is 8. The number of benzene rings is 2. The number of nitrogens with one attached hydrogen (secondary N) is 3. The van der Waals surface area contributed by atoms with Crippen LogP contribution in [0.5, 0.6) is 5.88 Å². The predicted molar refractivity (Wildman–Crippen MR) is 192 cm³/mol. The third kappa shape index (κ3) is 5.85. The first-order valence-electron chi connectivity index (χ1n) is 16.1. The lowest BCUT2D eigenvalue weighted by Crippen LogP contribution is -2.37. The minimum atomic E-state index is -0.460. The van der Waals surface area contributed by atoms with Crippen molar-refractivity contribution in [1.29, 1.82) is 0 Å². The molecule has 0 radical (unpaired) electrons. The Morgan fingerprint density at radius 3 is 2.41 bits per heavy atom. The van der Waals surface area contributed by atoms with Crippen LogP contribution in [0.4, 0.5) is 11.5 Å². The number of hydrogen-bond donors (Lipinski definition) is 3. The Morgan fingerprint density at radius 2 is 1.67 bits per heavy atom. The summed E-state index contributed by atoms with van der Waals surface area (Å²) < 4.78 is 8.30. The Morgan fingerprint density at radius 1 is 0.939 bits per heavy atom. The van der Waals surface area contributed by atoms with Crippen molar-refractivity contribution in [2.45, 2.75) is 44.7 Å². The molecule has 252 valence electrons. The normalized spacial score (nSPS) is 17.0. The first kappa shape index (κ1) is 32.8. The van der Waals surface area contributed by atoms with E-state index < -0.39 is 11.2 Å². The molecule has 1 fully saturated rings. The van der Waals surface area contributed by atoms with Crippen molar-refractivity contribution < 1.29 is 9.53 Å². The highest BCUT2D eigenvalue weighted by molar-refractivity contribution is 6.39. The largest absolute Gasteiger partial charge is 0.481 e. The molecule has 0 spiro atoms. The second-order valence-corrected chi connectivity index (χ2v) is 13.3. The minimum absolute atomic E-state index is 0.0740. The Kier molecular flexibility index (Phi) is 8.68. The van der Waals surface area contributed by atoms with E-state index in [2.05, 4.69) is 27.0 Å². The van der Waals surface area contributed by atoms with Gasteiger partial charge in [-0.15, -0.1) is 0 Å². The van der Waals surface area contributed by atoms with Gasteiger partial charge in [-0.2, -0.15) is 0 Å². The lowest BCUT2D eigenvalue weighted by molar-refractivity contribution is -0.119. The van der Waals surface area contributed by atoms with Crippen molar-refractivity contribution in [3.8, 4) is 28.3 Å². The molecule has 5 aromatic rings. The highest BCUT2D eigenvalue weighted by Crippen LogP contribution is 2.44. The standard InChI is InChI=1S/C36H35Cl2N7O4/c1-18-15-27-30(35(47)45(3)36(48)44(27)2)33(40-18)42-25-10-6-8-22(32(25)38)21-7-5-9-23(31(21)37)26-16-19-11-13-24(29(19)34(43-26)49-4)39-17-20-12-14-28(46)41-20/h5-10,15-16,20,24,39H,11-14,17H2,1-4H3,(H,40,42)(H,41,46)/t20-,24?/m0/s1. The van der Waals surface area contributed by atoms with E-state index >= 15 is 0 Å². The molecule has 13 heteroatoms. The number of carbonyl (C=O) groups is 1. The number of pyridine rings is 2. The molecule has 4 heterocycles. The van der Waals surface area contributed by atoms with E-state index in [0.717, 1.165) is 40.5 Å². The number of amides is 1. The van der Waals surface area contributed by atoms with Gasteiger partial charge in [-0.3, -0.25) is 18.7 Å². The number of methoxy groups -OCH3 is 1. The molecule has 11 nitrogen and oxygen atoms in total. The molecular weight excluding hydrogens is 665 g/mol. The number of nitrogens with zero attached hydrogens (tertiary/aromatic N) is 4. The quantitative estimate of drug-likeness (QED) is 0.191. The summed E-state index contributed by atoms with van der Waals surface area (Å²) >= 11 is 14.2. The molecule has 2 aliphatic rings. The third-order valence-electron chi connectivity index (χ3n) is 9.45. The molecule has 0 saturated carbocycles. The van der Waals surface area contributed by atoms with E-state index in [1.165, 1.54) is 11.6 Å². The number of hydrogen-bond acceptors (Lipinski definition) is 8. The van der Waals surface area contributed by atoms with Gasteiger partial charge in [0.25, 0.3) is 5.56 Å². The van der Waals surface area contributed by atoms with Gasteiger partial charge in [-0.25, -0.2) is 14.8 Å². The first-order valence-corrected chi connectivity index (χ1v) is 16.8. The molecule has 3 N–H and O–H groups in total. The number of aryl methyl sites for hydroxylation is 3. The van der Waals surface area contributed by atoms with E-state index in [0.29, 0.717) is 68.4 Å². The zero-order valence-corrected chi connectivity index (χ0v) is 29.0. The summed E-state index contributed by atoms with van der Waals surface area (Å²) in [4.78, 5) is 47.0. The van der Waals surface area contributed by atoms with Crippen molar-refractivity contribution in [2.75, 3.05) is 19.0 Å². The Hall–Kier alpha value is -4.71. The van der Waals surface area contributed by atoms with Crippen LogP contribution in [0.3, 0.4) is 0 Å². The number of halogens is 2. The molecule has 3 aromatic heterocycles. The van der Waals surface area contributed by atoms with Gasteiger partial charge in [0, 0.05) is 67.1 Å². The fourth-order valence-corrected chi connectivity index (χ4v) is 7.52. The lowest BCUT2D eigenvalue weighted by atomic mass is 9.99. The van der Waals surface area contributed by atoms with Crippen LogP contribution in [0.15, 0.2) is 58.1 Å². The van der Waals surface area contributed by atoms with E-state index in [-0.39, 0.29) is 23.4 Å². The number of anilines is 2. The van der Waals surface area contributed by atoms with Crippen molar-refractivity contribution >= 4 is 51.5 Å². The average molecular weight is 701 g/mol. The number of fused-ring (bicyclic) bond motifs is 2. The second-order valence-electron chi connectivity index (χ2n) is 12.6. The number of carbonyl (C=O) groups excluding carboxylic acids is 1. The Labute approximate surface area is 292 Å². The van der Waals surface area contributed by atoms with Crippen molar-refractivity contribution in [3.05, 3.63) is 96.2 Å². The van der Waals surface area contributed by atoms with Crippen LogP contribution in [0, 0.1) is 6.92 Å². The van der Waals surface area contributed by atoms with Gasteiger partial charge in [0.05, 0.1) is 34.1 Å². The van der Waals surface area contributed by atoms with E-state index in [1.54, 1.807) is 33.2 Å². The van der Waals surface area contributed by atoms with Gasteiger partial charge in [0.1, 0.15) is 11.2 Å². The van der Waals surface area contributed by atoms with Crippen molar-refractivity contribution in [3.63, 3.8) is 0 Å². The summed E-state index contributed by atoms with van der Waals surface area (Å²) in [7, 11) is 4.68. The van der Waals surface area contributed by atoms with Crippen LogP contribution in [0.1, 0.15) is 42.1 Å². The Balaban J connectivity index is 1.23. The fourth-order valence-electron chi connectivity index (χ4n) is 6.92. The molecule has 1 saturated heterocycles. The minimum Gasteiger partial charge on any atom is -0.481 e. The monoisotopic (exact) mass is 699 g/mol. The van der Waals surface area contributed by atoms with Crippen LogP contribution < -0.4 is 31.9 Å².